The highest BCUT2D eigenvalue weighted by Crippen LogP contribution is 2.33. The summed E-state index contributed by atoms with van der Waals surface area (Å²) in [5.41, 5.74) is 5.16. The minimum absolute atomic E-state index is 0.00740. The lowest BCUT2D eigenvalue weighted by molar-refractivity contribution is 0.0734. The Morgan fingerprint density at radius 1 is 1.29 bits per heavy atom. The van der Waals surface area contributed by atoms with Crippen LogP contribution in [0.4, 0.5) is 0 Å². The van der Waals surface area contributed by atoms with Crippen LogP contribution in [0.25, 0.3) is 11.0 Å². The summed E-state index contributed by atoms with van der Waals surface area (Å²) in [6.07, 6.45) is 1.91. The molecule has 3 aromatic rings. The van der Waals surface area contributed by atoms with Crippen molar-refractivity contribution in [2.45, 2.75) is 39.7 Å². The van der Waals surface area contributed by atoms with E-state index in [-0.39, 0.29) is 11.9 Å². The molecule has 1 amide bonds. The fourth-order valence-electron chi connectivity index (χ4n) is 3.30. The minimum Gasteiger partial charge on any atom is -0.340 e. The van der Waals surface area contributed by atoms with Gasteiger partial charge in [0.25, 0.3) is 5.91 Å². The number of aromatic nitrogens is 4. The van der Waals surface area contributed by atoms with Gasteiger partial charge in [-0.2, -0.15) is 0 Å². The summed E-state index contributed by atoms with van der Waals surface area (Å²) in [5, 5.41) is 3.96. The van der Waals surface area contributed by atoms with E-state index in [9.17, 15) is 4.79 Å². The Morgan fingerprint density at radius 2 is 2.08 bits per heavy atom. The third-order valence-corrected chi connectivity index (χ3v) is 5.61. The normalized spacial score (nSPS) is 17.8. The van der Waals surface area contributed by atoms with Crippen molar-refractivity contribution in [1.29, 1.82) is 0 Å². The van der Waals surface area contributed by atoms with E-state index in [0.29, 0.717) is 10.6 Å². The molecule has 1 atom stereocenters. The first-order valence-electron chi connectivity index (χ1n) is 8.11. The molecule has 2 aromatic heterocycles. The lowest BCUT2D eigenvalue weighted by atomic mass is 10.1. The number of likely N-dealkylation sites (tertiary alicyclic amines) is 1. The van der Waals surface area contributed by atoms with Gasteiger partial charge in [0, 0.05) is 6.54 Å². The fraction of sp³-hybridized carbons (Fsp3) is 0.412. The summed E-state index contributed by atoms with van der Waals surface area (Å²) in [6.45, 7) is 6.76. The summed E-state index contributed by atoms with van der Waals surface area (Å²) in [7, 11) is 0. The third kappa shape index (κ3) is 2.39. The molecule has 1 fully saturated rings. The van der Waals surface area contributed by atoms with E-state index >= 15 is 0 Å². The monoisotopic (exact) mass is 341 g/mol. The number of nitrogens with one attached hydrogen (secondary N) is 1. The molecule has 1 saturated heterocycles. The highest BCUT2D eigenvalue weighted by Gasteiger charge is 2.34. The Kier molecular flexibility index (Phi) is 3.60. The standard InChI is InChI=1S/C17H19N5OS/c1-9-7-12-13(8-10(9)2)19-16(18-12)14-5-4-6-22(14)17(23)15-11(3)20-21-24-15/h7-8,14H,4-6H2,1-3H3,(H,18,19)/t14-/m0/s1. The topological polar surface area (TPSA) is 74.8 Å². The van der Waals surface area contributed by atoms with Crippen LogP contribution in [0.5, 0.6) is 0 Å². The Labute approximate surface area is 144 Å². The van der Waals surface area contributed by atoms with Gasteiger partial charge in [0.1, 0.15) is 10.7 Å². The van der Waals surface area contributed by atoms with Crippen molar-refractivity contribution >= 4 is 28.5 Å². The highest BCUT2D eigenvalue weighted by molar-refractivity contribution is 7.07. The van der Waals surface area contributed by atoms with Gasteiger partial charge >= 0.3 is 0 Å². The maximum absolute atomic E-state index is 12.9. The Bertz CT molecular complexity index is 889. The smallest absolute Gasteiger partial charge is 0.268 e. The van der Waals surface area contributed by atoms with Crippen LogP contribution in [0.15, 0.2) is 12.1 Å². The maximum Gasteiger partial charge on any atom is 0.268 e. The summed E-state index contributed by atoms with van der Waals surface area (Å²) < 4.78 is 3.89. The van der Waals surface area contributed by atoms with Crippen LogP contribution in [-0.4, -0.2) is 36.9 Å². The molecule has 1 aliphatic rings. The predicted octanol–water partition coefficient (Wildman–Crippen LogP) is 3.32. The maximum atomic E-state index is 12.9. The molecule has 124 valence electrons. The quantitative estimate of drug-likeness (QED) is 0.776. The number of nitrogens with zero attached hydrogens (tertiary/aromatic N) is 4. The molecule has 1 N–H and O–H groups in total. The number of benzene rings is 1. The zero-order chi connectivity index (χ0) is 16.8. The number of imidazole rings is 1. The van der Waals surface area contributed by atoms with Gasteiger partial charge in [-0.3, -0.25) is 4.79 Å². The van der Waals surface area contributed by atoms with Crippen LogP contribution >= 0.6 is 11.5 Å². The van der Waals surface area contributed by atoms with Crippen LogP contribution in [0.2, 0.25) is 0 Å². The molecule has 24 heavy (non-hydrogen) atoms. The zero-order valence-corrected chi connectivity index (χ0v) is 14.8. The number of carbonyl (C=O) groups is 1. The van der Waals surface area contributed by atoms with Crippen molar-refractivity contribution in [2.24, 2.45) is 0 Å². The second-order valence-corrected chi connectivity index (χ2v) is 7.17. The third-order valence-electron chi connectivity index (χ3n) is 4.79. The van der Waals surface area contributed by atoms with Gasteiger partial charge in [-0.1, -0.05) is 4.49 Å². The number of rotatable bonds is 2. The second-order valence-electron chi connectivity index (χ2n) is 6.42. The van der Waals surface area contributed by atoms with E-state index in [0.717, 1.165) is 36.2 Å². The fourth-order valence-corrected chi connectivity index (χ4v) is 3.91. The van der Waals surface area contributed by atoms with Crippen LogP contribution < -0.4 is 0 Å². The minimum atomic E-state index is -0.00740. The number of fused-ring (bicyclic) bond motifs is 1. The molecule has 4 rings (SSSR count). The Balaban J connectivity index is 1.70. The first kappa shape index (κ1) is 15.3. The van der Waals surface area contributed by atoms with E-state index in [1.165, 1.54) is 22.7 Å². The van der Waals surface area contributed by atoms with Crippen molar-refractivity contribution < 1.29 is 4.79 Å². The molecule has 1 aliphatic heterocycles. The number of carbonyl (C=O) groups excluding carboxylic acids is 1. The Hall–Kier alpha value is -2.28. The molecule has 0 saturated carbocycles. The van der Waals surface area contributed by atoms with E-state index in [4.69, 9.17) is 4.98 Å². The molecule has 0 bridgehead atoms. The molecule has 3 heterocycles. The zero-order valence-electron chi connectivity index (χ0n) is 14.0. The molecule has 0 unspecified atom stereocenters. The van der Waals surface area contributed by atoms with E-state index in [1.807, 2.05) is 11.8 Å². The SMILES string of the molecule is Cc1cc2nc([C@@H]3CCCN3C(=O)c3snnc3C)[nH]c2cc1C. The van der Waals surface area contributed by atoms with Crippen molar-refractivity contribution in [1.82, 2.24) is 24.5 Å². The van der Waals surface area contributed by atoms with Gasteiger partial charge in [0.2, 0.25) is 0 Å². The number of hydrogen-bond donors (Lipinski definition) is 1. The molecule has 7 heteroatoms. The molecular weight excluding hydrogens is 322 g/mol. The highest BCUT2D eigenvalue weighted by atomic mass is 32.1. The van der Waals surface area contributed by atoms with Gasteiger partial charge in [0.15, 0.2) is 0 Å². The molecule has 0 aliphatic carbocycles. The van der Waals surface area contributed by atoms with Crippen molar-refractivity contribution in [3.05, 3.63) is 39.7 Å². The van der Waals surface area contributed by atoms with Crippen molar-refractivity contribution in [3.63, 3.8) is 0 Å². The number of amides is 1. The average Bonchev–Trinajstić information content (AvgIpc) is 3.25. The van der Waals surface area contributed by atoms with Gasteiger partial charge in [-0.15, -0.1) is 5.10 Å². The lowest BCUT2D eigenvalue weighted by Crippen LogP contribution is -2.31. The van der Waals surface area contributed by atoms with E-state index in [1.54, 1.807) is 0 Å². The van der Waals surface area contributed by atoms with E-state index in [2.05, 4.69) is 40.6 Å². The summed E-state index contributed by atoms with van der Waals surface area (Å²) in [6, 6.07) is 4.22. The van der Waals surface area contributed by atoms with Crippen molar-refractivity contribution in [3.8, 4) is 0 Å². The first-order chi connectivity index (χ1) is 11.5. The van der Waals surface area contributed by atoms with E-state index < -0.39 is 0 Å². The largest absolute Gasteiger partial charge is 0.340 e. The molecular formula is C17H19N5OS. The van der Waals surface area contributed by atoms with Crippen LogP contribution in [0.3, 0.4) is 0 Å². The van der Waals surface area contributed by atoms with Crippen molar-refractivity contribution in [2.75, 3.05) is 6.54 Å². The van der Waals surface area contributed by atoms with Gasteiger partial charge in [0.05, 0.1) is 22.8 Å². The Morgan fingerprint density at radius 3 is 2.83 bits per heavy atom. The number of aryl methyl sites for hydroxylation is 3. The number of hydrogen-bond acceptors (Lipinski definition) is 5. The first-order valence-corrected chi connectivity index (χ1v) is 8.88. The molecule has 1 aromatic carbocycles. The number of H-pyrrole nitrogens is 1. The summed E-state index contributed by atoms with van der Waals surface area (Å²) >= 11 is 1.17. The van der Waals surface area contributed by atoms with Gasteiger partial charge in [-0.25, -0.2) is 4.98 Å². The van der Waals surface area contributed by atoms with Crippen LogP contribution in [-0.2, 0) is 0 Å². The second kappa shape index (κ2) is 5.66. The van der Waals surface area contributed by atoms with Crippen LogP contribution in [0, 0.1) is 20.8 Å². The predicted molar refractivity (Wildman–Crippen MR) is 93.2 cm³/mol. The lowest BCUT2D eigenvalue weighted by Gasteiger charge is -2.22. The number of aromatic amines is 1. The summed E-state index contributed by atoms with van der Waals surface area (Å²) in [5.74, 6) is 0.883. The average molecular weight is 341 g/mol. The summed E-state index contributed by atoms with van der Waals surface area (Å²) in [4.78, 5) is 23.6. The van der Waals surface area contributed by atoms with Gasteiger partial charge < -0.3 is 9.88 Å². The van der Waals surface area contributed by atoms with Gasteiger partial charge in [-0.05, 0) is 68.4 Å². The molecule has 0 spiro atoms. The molecule has 6 nitrogen and oxygen atoms in total. The molecule has 0 radical (unpaired) electrons. The van der Waals surface area contributed by atoms with Crippen LogP contribution in [0.1, 0.15) is 51.2 Å².